The molecule has 0 aliphatic carbocycles. The van der Waals surface area contributed by atoms with Gasteiger partial charge in [-0.3, -0.25) is 4.79 Å². The maximum atomic E-state index is 11.9. The number of carbonyl (C=O) groups excluding carboxylic acids is 1. The summed E-state index contributed by atoms with van der Waals surface area (Å²) in [5.74, 6) is 0.839. The van der Waals surface area contributed by atoms with Crippen LogP contribution in [0.15, 0.2) is 24.3 Å². The van der Waals surface area contributed by atoms with Gasteiger partial charge in [0.25, 0.3) is 0 Å². The zero-order valence-electron chi connectivity index (χ0n) is 13.0. The Balaban J connectivity index is 2.02. The van der Waals surface area contributed by atoms with Gasteiger partial charge in [-0.25, -0.2) is 4.98 Å². The summed E-state index contributed by atoms with van der Waals surface area (Å²) >= 11 is 0. The quantitative estimate of drug-likeness (QED) is 0.849. The Bertz CT molecular complexity index is 618. The molecule has 1 heterocycles. The highest BCUT2D eigenvalue weighted by molar-refractivity contribution is 5.79. The van der Waals surface area contributed by atoms with Gasteiger partial charge < -0.3 is 15.6 Å². The van der Waals surface area contributed by atoms with Crippen molar-refractivity contribution < 1.29 is 4.79 Å². The summed E-state index contributed by atoms with van der Waals surface area (Å²) in [6.45, 7) is 7.26. The molecule has 1 amide bonds. The first-order valence-corrected chi connectivity index (χ1v) is 7.52. The fourth-order valence-corrected chi connectivity index (χ4v) is 2.37. The average molecular weight is 288 g/mol. The van der Waals surface area contributed by atoms with E-state index in [9.17, 15) is 4.79 Å². The van der Waals surface area contributed by atoms with Crippen LogP contribution in [0.25, 0.3) is 11.0 Å². The molecule has 2 atom stereocenters. The van der Waals surface area contributed by atoms with Crippen LogP contribution in [0.1, 0.15) is 26.6 Å². The van der Waals surface area contributed by atoms with E-state index in [2.05, 4.69) is 27.9 Å². The largest absolute Gasteiger partial charge is 0.355 e. The van der Waals surface area contributed by atoms with Crippen LogP contribution in [0, 0.1) is 5.92 Å². The predicted molar refractivity (Wildman–Crippen MR) is 84.9 cm³/mol. The van der Waals surface area contributed by atoms with Crippen LogP contribution in [0.5, 0.6) is 0 Å². The van der Waals surface area contributed by atoms with Crippen LogP contribution < -0.4 is 11.1 Å². The standard InChI is InChI=1S/C16H24N4O/c1-4-20-14-8-6-5-7-13(14)19-15(20)9-10-18-16(21)11(2)12(3)17/h5-8,11-12H,4,9-10,17H2,1-3H3,(H,18,21). The summed E-state index contributed by atoms with van der Waals surface area (Å²) in [7, 11) is 0. The van der Waals surface area contributed by atoms with Gasteiger partial charge in [-0.2, -0.15) is 0 Å². The smallest absolute Gasteiger partial charge is 0.224 e. The molecular formula is C16H24N4O. The Hall–Kier alpha value is -1.88. The number of nitrogens with one attached hydrogen (secondary N) is 1. The van der Waals surface area contributed by atoms with E-state index in [0.29, 0.717) is 6.54 Å². The molecule has 21 heavy (non-hydrogen) atoms. The number of aryl methyl sites for hydroxylation is 1. The first kappa shape index (κ1) is 15.5. The third-order valence-electron chi connectivity index (χ3n) is 3.90. The second-order valence-corrected chi connectivity index (χ2v) is 5.45. The third kappa shape index (κ3) is 3.42. The molecule has 2 unspecified atom stereocenters. The van der Waals surface area contributed by atoms with E-state index in [1.54, 1.807) is 0 Å². The second-order valence-electron chi connectivity index (χ2n) is 5.45. The minimum absolute atomic E-state index is 0.00385. The summed E-state index contributed by atoms with van der Waals surface area (Å²) in [5.41, 5.74) is 7.89. The molecule has 0 fully saturated rings. The Morgan fingerprint density at radius 3 is 2.76 bits per heavy atom. The van der Waals surface area contributed by atoms with Crippen molar-refractivity contribution in [3.05, 3.63) is 30.1 Å². The van der Waals surface area contributed by atoms with Gasteiger partial charge in [-0.05, 0) is 26.0 Å². The molecule has 2 rings (SSSR count). The molecule has 0 saturated heterocycles. The molecule has 1 aromatic heterocycles. The van der Waals surface area contributed by atoms with Crippen molar-refractivity contribution in [2.75, 3.05) is 6.54 Å². The van der Waals surface area contributed by atoms with Gasteiger partial charge in [-0.1, -0.05) is 19.1 Å². The topological polar surface area (TPSA) is 72.9 Å². The molecular weight excluding hydrogens is 264 g/mol. The van der Waals surface area contributed by atoms with Crippen LogP contribution in [0.2, 0.25) is 0 Å². The van der Waals surface area contributed by atoms with Gasteiger partial charge in [0.05, 0.1) is 11.0 Å². The van der Waals surface area contributed by atoms with E-state index in [1.165, 1.54) is 0 Å². The highest BCUT2D eigenvalue weighted by Crippen LogP contribution is 2.16. The molecule has 3 N–H and O–H groups in total. The van der Waals surface area contributed by atoms with E-state index in [0.717, 1.165) is 29.8 Å². The van der Waals surface area contributed by atoms with E-state index in [1.807, 2.05) is 32.0 Å². The van der Waals surface area contributed by atoms with Gasteiger partial charge in [0, 0.05) is 31.5 Å². The monoisotopic (exact) mass is 288 g/mol. The van der Waals surface area contributed by atoms with Crippen molar-refractivity contribution in [3.63, 3.8) is 0 Å². The number of carbonyl (C=O) groups is 1. The number of nitrogens with two attached hydrogens (primary N) is 1. The lowest BCUT2D eigenvalue weighted by atomic mass is 10.0. The van der Waals surface area contributed by atoms with E-state index >= 15 is 0 Å². The maximum absolute atomic E-state index is 11.9. The van der Waals surface area contributed by atoms with Gasteiger partial charge in [0.15, 0.2) is 0 Å². The molecule has 5 heteroatoms. The third-order valence-corrected chi connectivity index (χ3v) is 3.90. The Kier molecular flexibility index (Phi) is 4.96. The number of aromatic nitrogens is 2. The van der Waals surface area contributed by atoms with E-state index in [4.69, 9.17) is 5.73 Å². The van der Waals surface area contributed by atoms with Gasteiger partial charge in [0.1, 0.15) is 5.82 Å². The highest BCUT2D eigenvalue weighted by atomic mass is 16.1. The second kappa shape index (κ2) is 6.72. The summed E-state index contributed by atoms with van der Waals surface area (Å²) in [4.78, 5) is 16.5. The van der Waals surface area contributed by atoms with Crippen molar-refractivity contribution in [2.45, 2.75) is 39.8 Å². The lowest BCUT2D eigenvalue weighted by Crippen LogP contribution is -2.39. The summed E-state index contributed by atoms with van der Waals surface area (Å²) in [6, 6.07) is 7.97. The number of imidazole rings is 1. The minimum atomic E-state index is -0.171. The molecule has 1 aromatic carbocycles. The summed E-state index contributed by atoms with van der Waals surface area (Å²) in [6.07, 6.45) is 0.722. The number of nitrogens with zero attached hydrogens (tertiary/aromatic N) is 2. The van der Waals surface area contributed by atoms with Crippen molar-refractivity contribution in [2.24, 2.45) is 11.7 Å². The van der Waals surface area contributed by atoms with Crippen molar-refractivity contribution in [1.29, 1.82) is 0 Å². The number of hydrogen-bond acceptors (Lipinski definition) is 3. The predicted octanol–water partition coefficient (Wildman–Crippen LogP) is 1.70. The summed E-state index contributed by atoms with van der Waals surface area (Å²) < 4.78 is 2.19. The Morgan fingerprint density at radius 1 is 1.38 bits per heavy atom. The average Bonchev–Trinajstić information content (AvgIpc) is 2.83. The zero-order chi connectivity index (χ0) is 15.4. The lowest BCUT2D eigenvalue weighted by molar-refractivity contribution is -0.124. The van der Waals surface area contributed by atoms with Crippen molar-refractivity contribution in [1.82, 2.24) is 14.9 Å². The number of benzene rings is 1. The molecule has 0 bridgehead atoms. The Labute approximate surface area is 125 Å². The van der Waals surface area contributed by atoms with E-state index in [-0.39, 0.29) is 17.9 Å². The fraction of sp³-hybridized carbons (Fsp3) is 0.500. The molecule has 0 saturated carbocycles. The molecule has 2 aromatic rings. The first-order valence-electron chi connectivity index (χ1n) is 7.52. The van der Waals surface area contributed by atoms with Crippen molar-refractivity contribution >= 4 is 16.9 Å². The molecule has 0 aliphatic rings. The molecule has 114 valence electrons. The summed E-state index contributed by atoms with van der Waals surface area (Å²) in [5, 5.41) is 2.94. The molecule has 0 aliphatic heterocycles. The van der Waals surface area contributed by atoms with Crippen LogP contribution >= 0.6 is 0 Å². The number of rotatable bonds is 6. The maximum Gasteiger partial charge on any atom is 0.224 e. The molecule has 0 spiro atoms. The highest BCUT2D eigenvalue weighted by Gasteiger charge is 2.16. The number of amides is 1. The van der Waals surface area contributed by atoms with Crippen LogP contribution in [-0.4, -0.2) is 28.0 Å². The van der Waals surface area contributed by atoms with Gasteiger partial charge in [0.2, 0.25) is 5.91 Å². The Morgan fingerprint density at radius 2 is 2.10 bits per heavy atom. The molecule has 0 radical (unpaired) electrons. The van der Waals surface area contributed by atoms with Crippen LogP contribution in [-0.2, 0) is 17.8 Å². The number of para-hydroxylation sites is 2. The minimum Gasteiger partial charge on any atom is -0.355 e. The zero-order valence-corrected chi connectivity index (χ0v) is 13.0. The van der Waals surface area contributed by atoms with Crippen LogP contribution in [0.4, 0.5) is 0 Å². The van der Waals surface area contributed by atoms with Gasteiger partial charge in [-0.15, -0.1) is 0 Å². The van der Waals surface area contributed by atoms with Crippen molar-refractivity contribution in [3.8, 4) is 0 Å². The first-order chi connectivity index (χ1) is 10.0. The fourth-order valence-electron chi connectivity index (χ4n) is 2.37. The molecule has 5 nitrogen and oxygen atoms in total. The normalized spacial score (nSPS) is 14.1. The SMILES string of the molecule is CCn1c(CCNC(=O)C(C)C(C)N)nc2ccccc21. The number of fused-ring (bicyclic) bond motifs is 1. The van der Waals surface area contributed by atoms with E-state index < -0.39 is 0 Å². The number of hydrogen-bond donors (Lipinski definition) is 2. The van der Waals surface area contributed by atoms with Gasteiger partial charge >= 0.3 is 0 Å². The van der Waals surface area contributed by atoms with Crippen LogP contribution in [0.3, 0.4) is 0 Å². The lowest BCUT2D eigenvalue weighted by Gasteiger charge is -2.15.